The average molecular weight is 532 g/mol. The fourth-order valence-electron chi connectivity index (χ4n) is 8.33. The highest BCUT2D eigenvalue weighted by molar-refractivity contribution is 6.73. The van der Waals surface area contributed by atoms with Crippen LogP contribution in [-0.4, -0.2) is 47.7 Å². The molecular formula is C25H39B2Cl3O4. The molecule has 0 radical (unpaired) electrons. The Labute approximate surface area is 221 Å². The van der Waals surface area contributed by atoms with Crippen molar-refractivity contribution in [2.24, 2.45) is 34.5 Å². The summed E-state index contributed by atoms with van der Waals surface area (Å²) in [7, 11) is -0.719. The third kappa shape index (κ3) is 3.71. The van der Waals surface area contributed by atoms with Gasteiger partial charge in [0.25, 0.3) is 0 Å². The summed E-state index contributed by atoms with van der Waals surface area (Å²) in [5, 5.41) is -0.120. The molecule has 0 unspecified atom stereocenters. The Morgan fingerprint density at radius 3 is 1.65 bits per heavy atom. The zero-order chi connectivity index (χ0) is 24.8. The minimum atomic E-state index is -0.595. The summed E-state index contributed by atoms with van der Waals surface area (Å²) in [6.45, 7) is 17.5. The van der Waals surface area contributed by atoms with Crippen LogP contribution >= 0.6 is 34.8 Å². The van der Waals surface area contributed by atoms with Gasteiger partial charge in [0.15, 0.2) is 0 Å². The first-order chi connectivity index (χ1) is 15.7. The SMILES string of the molecule is C=CC[C@@H](Cl)B1O[C@@H]2C[C@@H]3C[C@@H](C3(C)C)[C@]2(C)O1.CC1(C)[C@@H]2C[C@H]3OB(C(Cl)Cl)O[C@@]3(C)[C@H]1C2. The molecule has 0 N–H and O–H groups in total. The van der Waals surface area contributed by atoms with Crippen molar-refractivity contribution in [1.82, 2.24) is 0 Å². The zero-order valence-electron chi connectivity index (χ0n) is 21.4. The van der Waals surface area contributed by atoms with Crippen LogP contribution in [0.5, 0.6) is 0 Å². The third-order valence-corrected chi connectivity index (χ3v) is 11.6. The first-order valence-electron chi connectivity index (χ1n) is 12.9. The lowest BCUT2D eigenvalue weighted by atomic mass is 9.43. The molecule has 6 aliphatic carbocycles. The molecule has 0 aromatic heterocycles. The van der Waals surface area contributed by atoms with E-state index in [0.29, 0.717) is 22.7 Å². The molecule has 8 rings (SSSR count). The number of rotatable bonds is 4. The topological polar surface area (TPSA) is 36.9 Å². The molecule has 190 valence electrons. The van der Waals surface area contributed by atoms with Gasteiger partial charge < -0.3 is 18.6 Å². The van der Waals surface area contributed by atoms with Gasteiger partial charge in [0.1, 0.15) is 4.74 Å². The van der Waals surface area contributed by atoms with E-state index in [1.165, 1.54) is 12.8 Å². The molecule has 6 saturated carbocycles. The van der Waals surface area contributed by atoms with E-state index in [2.05, 4.69) is 48.1 Å². The molecule has 0 aromatic rings. The summed E-state index contributed by atoms with van der Waals surface area (Å²) in [4.78, 5) is 0. The van der Waals surface area contributed by atoms with Crippen molar-refractivity contribution in [3.05, 3.63) is 12.7 Å². The van der Waals surface area contributed by atoms with Gasteiger partial charge in [0.05, 0.1) is 28.7 Å². The van der Waals surface area contributed by atoms with Gasteiger partial charge in [-0.05, 0) is 80.5 Å². The second-order valence-corrected chi connectivity index (χ2v) is 14.8. The van der Waals surface area contributed by atoms with Gasteiger partial charge >= 0.3 is 14.2 Å². The quantitative estimate of drug-likeness (QED) is 0.236. The highest BCUT2D eigenvalue weighted by atomic mass is 35.5. The fourth-order valence-corrected chi connectivity index (χ4v) is 8.79. The predicted octanol–water partition coefficient (Wildman–Crippen LogP) is 6.50. The van der Waals surface area contributed by atoms with Crippen LogP contribution in [0.3, 0.4) is 0 Å². The van der Waals surface area contributed by atoms with E-state index in [0.717, 1.165) is 31.1 Å². The lowest BCUT2D eigenvalue weighted by Crippen LogP contribution is -2.65. The molecule has 0 amide bonds. The molecule has 2 saturated heterocycles. The Hall–Kier alpha value is 0.580. The van der Waals surface area contributed by atoms with Gasteiger partial charge in [-0.1, -0.05) is 33.8 Å². The summed E-state index contributed by atoms with van der Waals surface area (Å²) in [5.41, 5.74) is 0.434. The van der Waals surface area contributed by atoms with E-state index >= 15 is 0 Å². The van der Waals surface area contributed by atoms with Crippen molar-refractivity contribution < 1.29 is 18.6 Å². The van der Waals surface area contributed by atoms with Crippen molar-refractivity contribution in [3.63, 3.8) is 0 Å². The lowest BCUT2D eigenvalue weighted by molar-refractivity contribution is -0.199. The van der Waals surface area contributed by atoms with Crippen LogP contribution in [0.4, 0.5) is 0 Å². The fraction of sp³-hybridized carbons (Fsp3) is 0.920. The molecule has 34 heavy (non-hydrogen) atoms. The van der Waals surface area contributed by atoms with E-state index in [1.807, 2.05) is 6.08 Å². The van der Waals surface area contributed by atoms with Gasteiger partial charge in [0, 0.05) is 0 Å². The molecule has 8 aliphatic rings. The summed E-state index contributed by atoms with van der Waals surface area (Å²) >= 11 is 18.0. The Morgan fingerprint density at radius 1 is 0.794 bits per heavy atom. The van der Waals surface area contributed by atoms with Crippen molar-refractivity contribution in [3.8, 4) is 0 Å². The summed E-state index contributed by atoms with van der Waals surface area (Å²) in [6, 6.07) is 0. The van der Waals surface area contributed by atoms with Gasteiger partial charge in [0.2, 0.25) is 0 Å². The van der Waals surface area contributed by atoms with Crippen molar-refractivity contribution in [2.75, 3.05) is 0 Å². The standard InChI is InChI=1S/C14H22BClO2.C11H17BCl2O2/c1-5-6-12(16)15-17-11-8-9-7-10(13(9,2)3)14(11,4)18-15;1-10(2)6-4-7(10)11(3)8(5-6)15-12(16-11)9(13)14/h5,9-12H,1,6-8H2,2-4H3;6-9H,4-5H2,1-3H3/t9-,10-,11+,12+,14-;6-,7-,8+,11-/m00/s1. The maximum absolute atomic E-state index is 6.33. The maximum Gasteiger partial charge on any atom is 0.492 e. The number of allylic oxidation sites excluding steroid dienone is 1. The monoisotopic (exact) mass is 530 g/mol. The Kier molecular flexibility index (Phi) is 6.59. The van der Waals surface area contributed by atoms with E-state index in [-0.39, 0.29) is 35.8 Å². The predicted molar refractivity (Wildman–Crippen MR) is 140 cm³/mol. The average Bonchev–Trinajstić information content (AvgIpc) is 3.30. The minimum Gasteiger partial charge on any atom is -0.404 e. The third-order valence-electron chi connectivity index (χ3n) is 10.8. The van der Waals surface area contributed by atoms with E-state index < -0.39 is 11.9 Å². The minimum absolute atomic E-state index is 0.120. The summed E-state index contributed by atoms with van der Waals surface area (Å²) in [6.07, 6.45) is 7.70. The zero-order valence-corrected chi connectivity index (χ0v) is 23.6. The molecule has 0 spiro atoms. The van der Waals surface area contributed by atoms with E-state index in [9.17, 15) is 0 Å². The molecule has 0 aromatic carbocycles. The highest BCUT2D eigenvalue weighted by Crippen LogP contribution is 2.67. The number of hydrogen-bond acceptors (Lipinski definition) is 4. The normalized spacial score (nSPS) is 47.6. The molecular weight excluding hydrogens is 492 g/mol. The van der Waals surface area contributed by atoms with Crippen LogP contribution < -0.4 is 0 Å². The van der Waals surface area contributed by atoms with E-state index in [1.54, 1.807) is 0 Å². The number of alkyl halides is 3. The van der Waals surface area contributed by atoms with Crippen LogP contribution in [0, 0.1) is 34.5 Å². The Morgan fingerprint density at radius 2 is 1.24 bits per heavy atom. The van der Waals surface area contributed by atoms with Gasteiger partial charge in [-0.2, -0.15) is 0 Å². The second-order valence-electron chi connectivity index (χ2n) is 13.0. The van der Waals surface area contributed by atoms with Crippen LogP contribution in [0.1, 0.15) is 73.6 Å². The molecule has 8 fully saturated rings. The lowest BCUT2D eigenvalue weighted by Gasteiger charge is -2.64. The van der Waals surface area contributed by atoms with Gasteiger partial charge in [-0.25, -0.2) is 0 Å². The molecule has 4 bridgehead atoms. The summed E-state index contributed by atoms with van der Waals surface area (Å²) in [5.74, 6) is 2.73. The molecule has 2 aliphatic heterocycles. The van der Waals surface area contributed by atoms with Crippen LogP contribution in [-0.2, 0) is 18.6 Å². The molecule has 9 heteroatoms. The number of hydrogen-bond donors (Lipinski definition) is 0. The van der Waals surface area contributed by atoms with Gasteiger partial charge in [-0.15, -0.1) is 41.4 Å². The molecule has 9 atom stereocenters. The van der Waals surface area contributed by atoms with Crippen molar-refractivity contribution in [2.45, 2.75) is 107 Å². The Balaban J connectivity index is 0.000000142. The van der Waals surface area contributed by atoms with E-state index in [4.69, 9.17) is 53.4 Å². The van der Waals surface area contributed by atoms with Crippen LogP contribution in [0.15, 0.2) is 12.7 Å². The second kappa shape index (κ2) is 8.55. The van der Waals surface area contributed by atoms with Crippen molar-refractivity contribution >= 4 is 49.0 Å². The highest BCUT2D eigenvalue weighted by Gasteiger charge is 2.69. The maximum atomic E-state index is 6.33. The molecule has 4 nitrogen and oxygen atoms in total. The van der Waals surface area contributed by atoms with Gasteiger partial charge in [-0.3, -0.25) is 0 Å². The Bertz CT molecular complexity index is 828. The smallest absolute Gasteiger partial charge is 0.404 e. The number of halogens is 3. The first kappa shape index (κ1) is 26.2. The van der Waals surface area contributed by atoms with Crippen molar-refractivity contribution in [1.29, 1.82) is 0 Å². The molecule has 2 heterocycles. The van der Waals surface area contributed by atoms with Crippen LogP contribution in [0.2, 0.25) is 0 Å². The van der Waals surface area contributed by atoms with Crippen LogP contribution in [0.25, 0.3) is 0 Å². The first-order valence-corrected chi connectivity index (χ1v) is 14.3. The largest absolute Gasteiger partial charge is 0.492 e. The summed E-state index contributed by atoms with van der Waals surface area (Å²) < 4.78 is 23.6.